The Balaban J connectivity index is 2.12. The Hall–Kier alpha value is -2.45. The van der Waals surface area contributed by atoms with Crippen LogP contribution in [0.1, 0.15) is 70.4 Å². The highest BCUT2D eigenvalue weighted by atomic mass is 32.2. The molecule has 194 valence electrons. The van der Waals surface area contributed by atoms with E-state index in [1.54, 1.807) is 25.1 Å². The van der Waals surface area contributed by atoms with Gasteiger partial charge in [-0.3, -0.25) is 0 Å². The summed E-state index contributed by atoms with van der Waals surface area (Å²) in [5, 5.41) is 9.48. The monoisotopic (exact) mass is 507 g/mol. The van der Waals surface area contributed by atoms with E-state index < -0.39 is 27.4 Å². The number of ether oxygens (including phenoxy) is 1. The molecule has 0 bridgehead atoms. The third kappa shape index (κ3) is 9.26. The van der Waals surface area contributed by atoms with E-state index in [4.69, 9.17) is 4.74 Å². The maximum absolute atomic E-state index is 13.3. The van der Waals surface area contributed by atoms with Gasteiger partial charge in [0, 0.05) is 13.1 Å². The van der Waals surface area contributed by atoms with Gasteiger partial charge in [0.05, 0.1) is 5.75 Å². The highest BCUT2D eigenvalue weighted by Crippen LogP contribution is 2.23. The van der Waals surface area contributed by atoms with Crippen LogP contribution in [0.25, 0.3) is 0 Å². The van der Waals surface area contributed by atoms with Crippen LogP contribution >= 0.6 is 0 Å². The van der Waals surface area contributed by atoms with Crippen molar-refractivity contribution in [2.24, 2.45) is 0 Å². The molecule has 1 N–H and O–H groups in total. The van der Waals surface area contributed by atoms with Crippen molar-refractivity contribution in [3.63, 3.8) is 0 Å². The molecule has 0 aliphatic rings. The molecule has 1 unspecified atom stereocenters. The molecule has 0 saturated carbocycles. The highest BCUT2D eigenvalue weighted by molar-refractivity contribution is 7.88. The molecule has 8 heteroatoms. The van der Waals surface area contributed by atoms with E-state index in [-0.39, 0.29) is 5.75 Å². The number of carbonyl (C=O) groups is 1. The second-order valence-corrected chi connectivity index (χ2v) is 11.1. The number of rotatable bonds is 16. The molecular formula is C27H38FNO5S. The molecule has 2 aromatic carbocycles. The largest absolute Gasteiger partial charge is 0.478 e. The molecule has 0 amide bonds. The summed E-state index contributed by atoms with van der Waals surface area (Å²) in [7, 11) is -3.60. The van der Waals surface area contributed by atoms with Gasteiger partial charge in [0.1, 0.15) is 11.6 Å². The van der Waals surface area contributed by atoms with Gasteiger partial charge in [-0.05, 0) is 61.6 Å². The van der Waals surface area contributed by atoms with Crippen molar-refractivity contribution in [1.29, 1.82) is 0 Å². The molecule has 35 heavy (non-hydrogen) atoms. The van der Waals surface area contributed by atoms with E-state index in [9.17, 15) is 22.7 Å². The van der Waals surface area contributed by atoms with E-state index in [1.165, 1.54) is 35.5 Å². The normalized spacial score (nSPS) is 13.5. The van der Waals surface area contributed by atoms with Crippen LogP contribution in [0.3, 0.4) is 0 Å². The molecular weight excluding hydrogens is 469 g/mol. The summed E-state index contributed by atoms with van der Waals surface area (Å²) in [5.41, 5.74) is 0.0753. The first-order chi connectivity index (χ1) is 16.6. The first kappa shape index (κ1) is 28.8. The highest BCUT2D eigenvalue weighted by Gasteiger charge is 2.33. The van der Waals surface area contributed by atoms with Gasteiger partial charge >= 0.3 is 5.97 Å². The van der Waals surface area contributed by atoms with Crippen LogP contribution in [0.15, 0.2) is 48.5 Å². The van der Waals surface area contributed by atoms with Crippen molar-refractivity contribution in [2.45, 2.75) is 77.1 Å². The van der Waals surface area contributed by atoms with E-state index in [0.29, 0.717) is 37.2 Å². The Morgan fingerprint density at radius 1 is 1.00 bits per heavy atom. The smallest absolute Gasteiger partial charge is 0.347 e. The lowest BCUT2D eigenvalue weighted by molar-refractivity contribution is -0.154. The predicted molar refractivity (Wildman–Crippen MR) is 136 cm³/mol. The molecule has 2 rings (SSSR count). The summed E-state index contributed by atoms with van der Waals surface area (Å²) in [6.45, 7) is 6.14. The number of carboxylic acid groups (broad SMARTS) is 1. The average Bonchev–Trinajstić information content (AvgIpc) is 2.82. The maximum Gasteiger partial charge on any atom is 0.347 e. The summed E-state index contributed by atoms with van der Waals surface area (Å²) in [4.78, 5) is 11.6. The maximum atomic E-state index is 13.3. The number of hydrogen-bond donors (Lipinski definition) is 1. The second-order valence-electron chi connectivity index (χ2n) is 9.08. The number of sulfonamides is 1. The first-order valence-electron chi connectivity index (χ1n) is 12.3. The lowest BCUT2D eigenvalue weighted by Gasteiger charge is -2.25. The molecule has 6 nitrogen and oxygen atoms in total. The average molecular weight is 508 g/mol. The van der Waals surface area contributed by atoms with Gasteiger partial charge in [0.15, 0.2) is 0 Å². The van der Waals surface area contributed by atoms with Crippen molar-refractivity contribution < 1.29 is 27.4 Å². The Bertz CT molecular complexity index is 1040. The molecule has 0 fully saturated rings. The van der Waals surface area contributed by atoms with Gasteiger partial charge in [-0.15, -0.1) is 0 Å². The fourth-order valence-corrected chi connectivity index (χ4v) is 5.28. The van der Waals surface area contributed by atoms with E-state index in [1.807, 2.05) is 6.07 Å². The van der Waals surface area contributed by atoms with Gasteiger partial charge in [-0.2, -0.15) is 0 Å². The quantitative estimate of drug-likeness (QED) is 0.290. The fraction of sp³-hybridized carbons (Fsp3) is 0.519. The van der Waals surface area contributed by atoms with E-state index in [0.717, 1.165) is 37.7 Å². The topological polar surface area (TPSA) is 83.9 Å². The van der Waals surface area contributed by atoms with Crippen molar-refractivity contribution in [2.75, 3.05) is 13.1 Å². The fourth-order valence-electron chi connectivity index (χ4n) is 3.71. The molecule has 0 aromatic heterocycles. The zero-order valence-corrected chi connectivity index (χ0v) is 21.8. The van der Waals surface area contributed by atoms with Gasteiger partial charge in [-0.25, -0.2) is 21.9 Å². The Morgan fingerprint density at radius 2 is 1.69 bits per heavy atom. The van der Waals surface area contributed by atoms with Crippen LogP contribution < -0.4 is 4.74 Å². The number of unbranched alkanes of at least 4 members (excludes halogenated alkanes) is 4. The third-order valence-corrected chi connectivity index (χ3v) is 8.04. The molecule has 2 aromatic rings. The summed E-state index contributed by atoms with van der Waals surface area (Å²) in [5.74, 6) is -1.18. The molecule has 0 radical (unpaired) electrons. The van der Waals surface area contributed by atoms with Crippen molar-refractivity contribution in [3.8, 4) is 5.75 Å². The molecule has 0 spiro atoms. The lowest BCUT2D eigenvalue weighted by Crippen LogP contribution is -2.40. The summed E-state index contributed by atoms with van der Waals surface area (Å²) >= 11 is 0. The summed E-state index contributed by atoms with van der Waals surface area (Å²) < 4.78 is 47.0. The number of carboxylic acids is 1. The number of aliphatic carboxylic acids is 1. The number of nitrogens with zero attached hydrogens (tertiary/aromatic N) is 1. The minimum Gasteiger partial charge on any atom is -0.478 e. The molecule has 0 heterocycles. The Kier molecular flexibility index (Phi) is 11.2. The standard InChI is InChI=1S/C27H38FNO5S/c1-4-6-7-8-9-18-29(35(32,33)21-23-13-15-24(28)16-14-23)19-17-22-11-10-12-25(20-22)34-27(3,5-2)26(30)31/h10-16,20H,4-9,17-19,21H2,1-3H3,(H,30,31). The van der Waals surface area contributed by atoms with Crippen LogP contribution in [-0.2, 0) is 27.0 Å². The van der Waals surface area contributed by atoms with Crippen LogP contribution in [0, 0.1) is 5.82 Å². The number of halogens is 1. The predicted octanol–water partition coefficient (Wildman–Crippen LogP) is 5.80. The van der Waals surface area contributed by atoms with E-state index in [2.05, 4.69) is 6.92 Å². The number of benzene rings is 2. The minimum atomic E-state index is -3.60. The number of hydrogen-bond acceptors (Lipinski definition) is 4. The van der Waals surface area contributed by atoms with Crippen LogP contribution in [0.2, 0.25) is 0 Å². The van der Waals surface area contributed by atoms with Crippen LogP contribution in [0.5, 0.6) is 5.75 Å². The van der Waals surface area contributed by atoms with Gasteiger partial charge < -0.3 is 9.84 Å². The molecule has 0 aliphatic carbocycles. The van der Waals surface area contributed by atoms with Crippen molar-refractivity contribution in [1.82, 2.24) is 4.31 Å². The van der Waals surface area contributed by atoms with Crippen LogP contribution in [-0.4, -0.2) is 42.5 Å². The minimum absolute atomic E-state index is 0.182. The van der Waals surface area contributed by atoms with Crippen molar-refractivity contribution in [3.05, 3.63) is 65.5 Å². The van der Waals surface area contributed by atoms with Gasteiger partial charge in [0.25, 0.3) is 0 Å². The molecule has 0 saturated heterocycles. The zero-order chi connectivity index (χ0) is 25.9. The molecule has 1 atom stereocenters. The van der Waals surface area contributed by atoms with Crippen LogP contribution in [0.4, 0.5) is 4.39 Å². The third-order valence-electron chi connectivity index (χ3n) is 6.19. The first-order valence-corrected chi connectivity index (χ1v) is 13.9. The second kappa shape index (κ2) is 13.6. The Labute approximate surface area is 209 Å². The SMILES string of the molecule is CCCCCCCN(CCc1cccc(OC(C)(CC)C(=O)O)c1)S(=O)(=O)Cc1ccc(F)cc1. The van der Waals surface area contributed by atoms with Gasteiger partial charge in [0.2, 0.25) is 15.6 Å². The molecule has 0 aliphatic heterocycles. The van der Waals surface area contributed by atoms with Crippen molar-refractivity contribution >= 4 is 16.0 Å². The lowest BCUT2D eigenvalue weighted by atomic mass is 10.0. The van der Waals surface area contributed by atoms with Gasteiger partial charge in [-0.1, -0.05) is 63.8 Å². The Morgan fingerprint density at radius 3 is 2.31 bits per heavy atom. The zero-order valence-electron chi connectivity index (χ0n) is 21.0. The summed E-state index contributed by atoms with van der Waals surface area (Å²) in [6.07, 6.45) is 5.82. The van der Waals surface area contributed by atoms with E-state index >= 15 is 0 Å². The summed E-state index contributed by atoms with van der Waals surface area (Å²) in [6, 6.07) is 12.7.